The molecule has 0 aliphatic carbocycles. The van der Waals surface area contributed by atoms with Gasteiger partial charge < -0.3 is 9.72 Å². The molecule has 0 unspecified atom stereocenters. The normalized spacial score (nSPS) is 11.5. The van der Waals surface area contributed by atoms with Crippen molar-refractivity contribution in [2.24, 2.45) is 0 Å². The van der Waals surface area contributed by atoms with E-state index in [-0.39, 0.29) is 0 Å². The molecule has 1 aromatic carbocycles. The van der Waals surface area contributed by atoms with Gasteiger partial charge in [-0.2, -0.15) is 5.10 Å². The van der Waals surface area contributed by atoms with E-state index in [0.717, 1.165) is 39.0 Å². The molecule has 0 bridgehead atoms. The van der Waals surface area contributed by atoms with E-state index in [1.165, 1.54) is 0 Å². The molecule has 5 rings (SSSR count). The summed E-state index contributed by atoms with van der Waals surface area (Å²) in [6, 6.07) is 12.1. The standard InChI is InChI=1S/C17H12N6/c1-2-14-15(18-6-1)16(22-21-14)20-12-3-4-13-11(10-12)5-8-23-9-7-19-17(13)23/h1-10H,(H2,20,21,22). The van der Waals surface area contributed by atoms with Crippen LogP contribution in [-0.2, 0) is 0 Å². The summed E-state index contributed by atoms with van der Waals surface area (Å²) in [5, 5.41) is 12.8. The highest BCUT2D eigenvalue weighted by molar-refractivity contribution is 5.96. The third kappa shape index (κ3) is 1.85. The van der Waals surface area contributed by atoms with E-state index >= 15 is 0 Å². The van der Waals surface area contributed by atoms with Gasteiger partial charge in [-0.1, -0.05) is 0 Å². The fourth-order valence-electron chi connectivity index (χ4n) is 2.86. The van der Waals surface area contributed by atoms with Crippen molar-refractivity contribution in [3.63, 3.8) is 0 Å². The second-order valence-electron chi connectivity index (χ2n) is 5.37. The first-order chi connectivity index (χ1) is 11.4. The predicted octanol–water partition coefficient (Wildman–Crippen LogP) is 3.50. The molecule has 6 heteroatoms. The van der Waals surface area contributed by atoms with Crippen molar-refractivity contribution in [2.75, 3.05) is 5.32 Å². The Bertz CT molecular complexity index is 1150. The summed E-state index contributed by atoms with van der Waals surface area (Å²) in [6.45, 7) is 0. The maximum Gasteiger partial charge on any atom is 0.178 e. The van der Waals surface area contributed by atoms with Crippen LogP contribution in [-0.4, -0.2) is 24.6 Å². The molecule has 0 atom stereocenters. The van der Waals surface area contributed by atoms with Crippen LogP contribution in [0.1, 0.15) is 0 Å². The van der Waals surface area contributed by atoms with Crippen molar-refractivity contribution < 1.29 is 0 Å². The van der Waals surface area contributed by atoms with Crippen LogP contribution >= 0.6 is 0 Å². The lowest BCUT2D eigenvalue weighted by atomic mass is 10.1. The van der Waals surface area contributed by atoms with Gasteiger partial charge in [-0.05, 0) is 41.8 Å². The van der Waals surface area contributed by atoms with E-state index in [4.69, 9.17) is 0 Å². The van der Waals surface area contributed by atoms with Crippen molar-refractivity contribution in [3.05, 3.63) is 61.2 Å². The van der Waals surface area contributed by atoms with Gasteiger partial charge in [0.1, 0.15) is 11.2 Å². The number of anilines is 2. The summed E-state index contributed by atoms with van der Waals surface area (Å²) in [5.74, 6) is 0.724. The smallest absolute Gasteiger partial charge is 0.178 e. The van der Waals surface area contributed by atoms with Gasteiger partial charge in [0.05, 0.1) is 5.52 Å². The highest BCUT2D eigenvalue weighted by Crippen LogP contribution is 2.26. The van der Waals surface area contributed by atoms with Gasteiger partial charge in [0.25, 0.3) is 0 Å². The van der Waals surface area contributed by atoms with Crippen molar-refractivity contribution in [2.45, 2.75) is 0 Å². The number of imidazole rings is 1. The van der Waals surface area contributed by atoms with Crippen LogP contribution in [0, 0.1) is 0 Å². The fourth-order valence-corrected chi connectivity index (χ4v) is 2.86. The maximum atomic E-state index is 4.41. The molecule has 6 nitrogen and oxygen atoms in total. The van der Waals surface area contributed by atoms with E-state index in [1.807, 2.05) is 41.2 Å². The van der Waals surface area contributed by atoms with E-state index in [1.54, 1.807) is 6.20 Å². The van der Waals surface area contributed by atoms with Crippen LogP contribution in [0.5, 0.6) is 0 Å². The van der Waals surface area contributed by atoms with Gasteiger partial charge in [0.2, 0.25) is 0 Å². The lowest BCUT2D eigenvalue weighted by Crippen LogP contribution is -1.93. The maximum absolute atomic E-state index is 4.41. The van der Waals surface area contributed by atoms with Gasteiger partial charge in [0.15, 0.2) is 5.82 Å². The minimum atomic E-state index is 0.724. The molecule has 23 heavy (non-hydrogen) atoms. The molecule has 4 heterocycles. The zero-order chi connectivity index (χ0) is 15.2. The highest BCUT2D eigenvalue weighted by Gasteiger charge is 2.08. The van der Waals surface area contributed by atoms with E-state index in [2.05, 4.69) is 43.7 Å². The minimum Gasteiger partial charge on any atom is -0.337 e. The average molecular weight is 300 g/mol. The zero-order valence-corrected chi connectivity index (χ0v) is 12.1. The SMILES string of the molecule is c1cnc2c(Nc3ccc4c(ccn5ccnc45)c3)n[nH]c2c1. The monoisotopic (exact) mass is 300 g/mol. The number of aromatic amines is 1. The van der Waals surface area contributed by atoms with Crippen LogP contribution in [0.2, 0.25) is 0 Å². The van der Waals surface area contributed by atoms with Crippen LogP contribution in [0.25, 0.3) is 27.5 Å². The predicted molar refractivity (Wildman–Crippen MR) is 89.9 cm³/mol. The molecular weight excluding hydrogens is 288 g/mol. The Morgan fingerprint density at radius 3 is 3.00 bits per heavy atom. The molecule has 0 radical (unpaired) electrons. The molecule has 0 aliphatic rings. The lowest BCUT2D eigenvalue weighted by Gasteiger charge is -2.06. The summed E-state index contributed by atoms with van der Waals surface area (Å²) in [4.78, 5) is 8.77. The molecule has 0 spiro atoms. The second-order valence-corrected chi connectivity index (χ2v) is 5.37. The molecule has 0 amide bonds. The van der Waals surface area contributed by atoms with Crippen LogP contribution in [0.15, 0.2) is 61.2 Å². The lowest BCUT2D eigenvalue weighted by molar-refractivity contribution is 1.12. The molecular formula is C17H12N6. The zero-order valence-electron chi connectivity index (χ0n) is 12.1. The summed E-state index contributed by atoms with van der Waals surface area (Å²) < 4.78 is 2.01. The summed E-state index contributed by atoms with van der Waals surface area (Å²) in [6.07, 6.45) is 7.53. The first-order valence-corrected chi connectivity index (χ1v) is 7.30. The van der Waals surface area contributed by atoms with Gasteiger partial charge in [-0.15, -0.1) is 0 Å². The number of hydrogen-bond acceptors (Lipinski definition) is 4. The van der Waals surface area contributed by atoms with Crippen molar-refractivity contribution in [1.82, 2.24) is 24.6 Å². The molecule has 0 saturated carbocycles. The Morgan fingerprint density at radius 2 is 2.00 bits per heavy atom. The molecule has 4 aromatic heterocycles. The molecule has 2 N–H and O–H groups in total. The first-order valence-electron chi connectivity index (χ1n) is 7.30. The largest absolute Gasteiger partial charge is 0.337 e. The number of nitrogens with zero attached hydrogens (tertiary/aromatic N) is 4. The van der Waals surface area contributed by atoms with Crippen LogP contribution < -0.4 is 5.32 Å². The van der Waals surface area contributed by atoms with Crippen molar-refractivity contribution in [1.29, 1.82) is 0 Å². The van der Waals surface area contributed by atoms with Crippen molar-refractivity contribution in [3.8, 4) is 0 Å². The van der Waals surface area contributed by atoms with E-state index in [0.29, 0.717) is 0 Å². The molecule has 5 aromatic rings. The molecule has 0 saturated heterocycles. The third-order valence-corrected chi connectivity index (χ3v) is 3.96. The number of nitrogens with one attached hydrogen (secondary N) is 2. The Morgan fingerprint density at radius 1 is 1.00 bits per heavy atom. The Hall–Kier alpha value is -3.41. The number of pyridine rings is 2. The summed E-state index contributed by atoms with van der Waals surface area (Å²) in [5.41, 5.74) is 3.67. The number of benzene rings is 1. The highest BCUT2D eigenvalue weighted by atomic mass is 15.2. The van der Waals surface area contributed by atoms with Gasteiger partial charge in [0, 0.05) is 35.9 Å². The van der Waals surface area contributed by atoms with Crippen LogP contribution in [0.4, 0.5) is 11.5 Å². The van der Waals surface area contributed by atoms with Crippen molar-refractivity contribution >= 4 is 39.0 Å². The number of rotatable bonds is 2. The van der Waals surface area contributed by atoms with Crippen LogP contribution in [0.3, 0.4) is 0 Å². The van der Waals surface area contributed by atoms with Gasteiger partial charge in [-0.25, -0.2) is 4.98 Å². The fraction of sp³-hybridized carbons (Fsp3) is 0. The Balaban J connectivity index is 1.61. The second kappa shape index (κ2) is 4.54. The summed E-state index contributed by atoms with van der Waals surface area (Å²) >= 11 is 0. The van der Waals surface area contributed by atoms with E-state index < -0.39 is 0 Å². The number of aromatic nitrogens is 5. The number of H-pyrrole nitrogens is 1. The number of hydrogen-bond donors (Lipinski definition) is 2. The molecule has 0 fully saturated rings. The van der Waals surface area contributed by atoms with Gasteiger partial charge in [-0.3, -0.25) is 10.1 Å². The Kier molecular flexibility index (Phi) is 2.40. The van der Waals surface area contributed by atoms with E-state index in [9.17, 15) is 0 Å². The number of fused-ring (bicyclic) bond motifs is 4. The topological polar surface area (TPSA) is 70.9 Å². The summed E-state index contributed by atoms with van der Waals surface area (Å²) in [7, 11) is 0. The minimum absolute atomic E-state index is 0.724. The quantitative estimate of drug-likeness (QED) is 0.523. The molecule has 0 aliphatic heterocycles. The Labute approximate surface area is 130 Å². The molecule has 110 valence electrons. The third-order valence-electron chi connectivity index (χ3n) is 3.96. The van der Waals surface area contributed by atoms with Gasteiger partial charge >= 0.3 is 0 Å². The first kappa shape index (κ1) is 12.2. The average Bonchev–Trinajstić information content (AvgIpc) is 3.22.